The number of piperidine rings is 1. The Labute approximate surface area is 130 Å². The third-order valence-corrected chi connectivity index (χ3v) is 4.49. The molecule has 3 aromatic heterocycles. The van der Waals surface area contributed by atoms with Crippen LogP contribution in [0.4, 0.5) is 0 Å². The molecule has 0 bridgehead atoms. The maximum absolute atomic E-state index is 4.41. The lowest BCUT2D eigenvalue weighted by molar-refractivity contribution is 0.198. The molecular weight excluding hydrogens is 272 g/mol. The van der Waals surface area contributed by atoms with E-state index in [9.17, 15) is 0 Å². The third-order valence-electron chi connectivity index (χ3n) is 4.49. The van der Waals surface area contributed by atoms with Crippen molar-refractivity contribution in [1.82, 2.24) is 19.9 Å². The number of hydrogen-bond donors (Lipinski definition) is 1. The summed E-state index contributed by atoms with van der Waals surface area (Å²) in [7, 11) is 0. The minimum atomic E-state index is 0.569. The van der Waals surface area contributed by atoms with Crippen LogP contribution in [-0.2, 0) is 6.54 Å². The Hall–Kier alpha value is -2.20. The maximum Gasteiger partial charge on any atom is 0.137 e. The summed E-state index contributed by atoms with van der Waals surface area (Å²) >= 11 is 0. The molecule has 4 nitrogen and oxygen atoms in total. The van der Waals surface area contributed by atoms with Crippen LogP contribution in [0.1, 0.15) is 30.0 Å². The lowest BCUT2D eigenvalue weighted by Crippen LogP contribution is -2.34. The summed E-state index contributed by atoms with van der Waals surface area (Å²) in [6.45, 7) is 3.26. The van der Waals surface area contributed by atoms with E-state index in [1.54, 1.807) is 0 Å². The van der Waals surface area contributed by atoms with Gasteiger partial charge in [0.25, 0.3) is 0 Å². The molecule has 22 heavy (non-hydrogen) atoms. The summed E-state index contributed by atoms with van der Waals surface area (Å²) in [6.07, 6.45) is 8.14. The molecule has 112 valence electrons. The second kappa shape index (κ2) is 5.89. The fourth-order valence-corrected chi connectivity index (χ4v) is 3.40. The Morgan fingerprint density at radius 1 is 1.23 bits per heavy atom. The molecule has 1 atom stereocenters. The minimum Gasteiger partial charge on any atom is -0.343 e. The first-order valence-corrected chi connectivity index (χ1v) is 7.93. The number of nitrogens with one attached hydrogen (secondary N) is 1. The summed E-state index contributed by atoms with van der Waals surface area (Å²) < 4.78 is 0. The van der Waals surface area contributed by atoms with E-state index < -0.39 is 0 Å². The number of fused-ring (bicyclic) bond motifs is 1. The van der Waals surface area contributed by atoms with Gasteiger partial charge in [-0.05, 0) is 49.2 Å². The molecule has 0 aliphatic carbocycles. The SMILES string of the molecule is c1cncc(CN2CCCC(c3cc4cccnc4[nH]3)C2)c1. The van der Waals surface area contributed by atoms with Gasteiger partial charge in [-0.1, -0.05) is 6.07 Å². The Balaban J connectivity index is 1.50. The van der Waals surface area contributed by atoms with E-state index in [2.05, 4.69) is 38.1 Å². The van der Waals surface area contributed by atoms with Gasteiger partial charge >= 0.3 is 0 Å². The Bertz CT molecular complexity index is 717. The van der Waals surface area contributed by atoms with Crippen molar-refractivity contribution in [2.45, 2.75) is 25.3 Å². The Kier molecular flexibility index (Phi) is 3.60. The lowest BCUT2D eigenvalue weighted by atomic mass is 9.94. The Morgan fingerprint density at radius 3 is 3.05 bits per heavy atom. The fraction of sp³-hybridized carbons (Fsp3) is 0.333. The second-order valence-corrected chi connectivity index (χ2v) is 6.10. The van der Waals surface area contributed by atoms with E-state index in [1.165, 1.54) is 36.0 Å². The van der Waals surface area contributed by atoms with E-state index >= 15 is 0 Å². The molecule has 0 radical (unpaired) electrons. The van der Waals surface area contributed by atoms with Crippen molar-refractivity contribution in [2.24, 2.45) is 0 Å². The van der Waals surface area contributed by atoms with Gasteiger partial charge in [-0.15, -0.1) is 0 Å². The van der Waals surface area contributed by atoms with Gasteiger partial charge in [0.2, 0.25) is 0 Å². The molecule has 4 heteroatoms. The molecule has 4 rings (SSSR count). The monoisotopic (exact) mass is 292 g/mol. The normalized spacial score (nSPS) is 19.5. The molecule has 3 aromatic rings. The number of aromatic nitrogens is 3. The molecular formula is C18H20N4. The van der Waals surface area contributed by atoms with E-state index in [-0.39, 0.29) is 0 Å². The van der Waals surface area contributed by atoms with Crippen LogP contribution in [0.25, 0.3) is 11.0 Å². The third kappa shape index (κ3) is 2.74. The highest BCUT2D eigenvalue weighted by molar-refractivity contribution is 5.76. The van der Waals surface area contributed by atoms with Crippen LogP contribution in [-0.4, -0.2) is 32.9 Å². The van der Waals surface area contributed by atoms with E-state index in [0.29, 0.717) is 5.92 Å². The number of rotatable bonds is 3. The van der Waals surface area contributed by atoms with E-state index in [1.807, 2.05) is 30.7 Å². The molecule has 1 aliphatic rings. The summed E-state index contributed by atoms with van der Waals surface area (Å²) in [5, 5.41) is 1.21. The van der Waals surface area contributed by atoms with Crippen LogP contribution in [0.15, 0.2) is 48.9 Å². The van der Waals surface area contributed by atoms with Gasteiger partial charge in [-0.3, -0.25) is 9.88 Å². The second-order valence-electron chi connectivity index (χ2n) is 6.10. The first-order valence-electron chi connectivity index (χ1n) is 7.93. The molecule has 0 saturated carbocycles. The maximum atomic E-state index is 4.41. The van der Waals surface area contributed by atoms with Gasteiger partial charge in [0, 0.05) is 48.7 Å². The van der Waals surface area contributed by atoms with Crippen LogP contribution in [0.2, 0.25) is 0 Å². The molecule has 1 saturated heterocycles. The molecule has 0 amide bonds. The zero-order valence-electron chi connectivity index (χ0n) is 12.6. The van der Waals surface area contributed by atoms with Crippen LogP contribution in [0.5, 0.6) is 0 Å². The van der Waals surface area contributed by atoms with Crippen LogP contribution < -0.4 is 0 Å². The average Bonchev–Trinajstić information content (AvgIpc) is 3.00. The van der Waals surface area contributed by atoms with Crippen molar-refractivity contribution in [3.05, 3.63) is 60.2 Å². The minimum absolute atomic E-state index is 0.569. The van der Waals surface area contributed by atoms with Gasteiger partial charge in [0.05, 0.1) is 0 Å². The number of hydrogen-bond acceptors (Lipinski definition) is 3. The fourth-order valence-electron chi connectivity index (χ4n) is 3.40. The highest BCUT2D eigenvalue weighted by Gasteiger charge is 2.22. The summed E-state index contributed by atoms with van der Waals surface area (Å²) in [4.78, 5) is 14.7. The average molecular weight is 292 g/mol. The highest BCUT2D eigenvalue weighted by atomic mass is 15.1. The number of pyridine rings is 2. The van der Waals surface area contributed by atoms with Crippen LogP contribution in [0, 0.1) is 0 Å². The van der Waals surface area contributed by atoms with Gasteiger partial charge in [-0.25, -0.2) is 4.98 Å². The molecule has 1 aliphatic heterocycles. The number of nitrogens with zero attached hydrogens (tertiary/aromatic N) is 3. The molecule has 1 unspecified atom stereocenters. The first kappa shape index (κ1) is 13.5. The smallest absolute Gasteiger partial charge is 0.137 e. The largest absolute Gasteiger partial charge is 0.343 e. The van der Waals surface area contributed by atoms with E-state index in [0.717, 1.165) is 18.7 Å². The van der Waals surface area contributed by atoms with Gasteiger partial charge in [-0.2, -0.15) is 0 Å². The zero-order chi connectivity index (χ0) is 14.8. The molecule has 1 fully saturated rings. The van der Waals surface area contributed by atoms with Gasteiger partial charge in [0.1, 0.15) is 5.65 Å². The lowest BCUT2D eigenvalue weighted by Gasteiger charge is -2.32. The van der Waals surface area contributed by atoms with Gasteiger partial charge in [0.15, 0.2) is 0 Å². The van der Waals surface area contributed by atoms with Crippen LogP contribution in [0.3, 0.4) is 0 Å². The summed E-state index contributed by atoms with van der Waals surface area (Å²) in [5.41, 5.74) is 3.62. The number of likely N-dealkylation sites (tertiary alicyclic amines) is 1. The van der Waals surface area contributed by atoms with Crippen molar-refractivity contribution in [3.8, 4) is 0 Å². The van der Waals surface area contributed by atoms with Crippen molar-refractivity contribution in [2.75, 3.05) is 13.1 Å². The highest BCUT2D eigenvalue weighted by Crippen LogP contribution is 2.29. The standard InChI is InChI=1S/C18H20N4/c1-4-14(11-19-7-1)12-22-9-3-6-16(13-22)17-10-15-5-2-8-20-18(15)21-17/h1-2,4-5,7-8,10-11,16H,3,6,9,12-13H2,(H,20,21). The summed E-state index contributed by atoms with van der Waals surface area (Å²) in [6, 6.07) is 10.6. The first-order chi connectivity index (χ1) is 10.9. The predicted octanol–water partition coefficient (Wildman–Crippen LogP) is 3.34. The predicted molar refractivity (Wildman–Crippen MR) is 87.6 cm³/mol. The molecule has 4 heterocycles. The molecule has 0 aromatic carbocycles. The van der Waals surface area contributed by atoms with Gasteiger partial charge < -0.3 is 4.98 Å². The number of aromatic amines is 1. The van der Waals surface area contributed by atoms with Crippen LogP contribution >= 0.6 is 0 Å². The van der Waals surface area contributed by atoms with Crippen molar-refractivity contribution < 1.29 is 0 Å². The zero-order valence-corrected chi connectivity index (χ0v) is 12.6. The number of H-pyrrole nitrogens is 1. The topological polar surface area (TPSA) is 44.8 Å². The summed E-state index contributed by atoms with van der Waals surface area (Å²) in [5.74, 6) is 0.569. The quantitative estimate of drug-likeness (QED) is 0.805. The van der Waals surface area contributed by atoms with Crippen molar-refractivity contribution >= 4 is 11.0 Å². The molecule has 0 spiro atoms. The van der Waals surface area contributed by atoms with Crippen molar-refractivity contribution in [3.63, 3.8) is 0 Å². The van der Waals surface area contributed by atoms with Crippen molar-refractivity contribution in [1.29, 1.82) is 0 Å². The van der Waals surface area contributed by atoms with E-state index in [4.69, 9.17) is 0 Å². The molecule has 1 N–H and O–H groups in total. The Morgan fingerprint density at radius 2 is 2.18 bits per heavy atom.